The maximum absolute atomic E-state index is 12.6. The first-order valence-electron chi connectivity index (χ1n) is 8.62. The number of ether oxygens (including phenoxy) is 1. The minimum absolute atomic E-state index is 0.0301. The highest BCUT2D eigenvalue weighted by Crippen LogP contribution is 2.30. The van der Waals surface area contributed by atoms with Crippen LogP contribution in [0, 0.1) is 6.92 Å². The normalized spacial score (nSPS) is 18.7. The van der Waals surface area contributed by atoms with Crippen LogP contribution in [0.5, 0.6) is 0 Å². The molecular formula is C16H23N5O4. The summed E-state index contributed by atoms with van der Waals surface area (Å²) in [6, 6.07) is -0.110. The van der Waals surface area contributed by atoms with E-state index in [0.717, 1.165) is 12.8 Å². The molecule has 0 aromatic carbocycles. The van der Waals surface area contributed by atoms with Crippen molar-refractivity contribution < 1.29 is 18.6 Å². The van der Waals surface area contributed by atoms with Crippen molar-refractivity contribution in [2.45, 2.75) is 58.6 Å². The van der Waals surface area contributed by atoms with E-state index in [1.807, 2.05) is 18.7 Å². The van der Waals surface area contributed by atoms with Crippen LogP contribution in [0.2, 0.25) is 0 Å². The predicted molar refractivity (Wildman–Crippen MR) is 85.4 cm³/mol. The summed E-state index contributed by atoms with van der Waals surface area (Å²) in [6.07, 6.45) is 2.27. The molecule has 3 rings (SSSR count). The topological polar surface area (TPSA) is 107 Å². The van der Waals surface area contributed by atoms with Gasteiger partial charge in [0.05, 0.1) is 6.04 Å². The predicted octanol–water partition coefficient (Wildman–Crippen LogP) is 2.15. The molecule has 136 valence electrons. The van der Waals surface area contributed by atoms with E-state index in [2.05, 4.69) is 20.3 Å². The van der Waals surface area contributed by atoms with E-state index in [9.17, 15) is 4.79 Å². The Balaban J connectivity index is 1.57. The Morgan fingerprint density at radius 2 is 2.20 bits per heavy atom. The Labute approximate surface area is 145 Å². The standard InChI is InChI=1S/C16H23N5O4/c1-4-23-10(2)15-18-13(25-19-15)7-8-14(22)21-9-5-6-12(21)16-17-11(3)24-20-16/h10,12H,4-9H2,1-3H3. The van der Waals surface area contributed by atoms with Gasteiger partial charge < -0.3 is 18.7 Å². The second-order valence-electron chi connectivity index (χ2n) is 6.06. The van der Waals surface area contributed by atoms with Crippen LogP contribution < -0.4 is 0 Å². The molecule has 2 aromatic rings. The molecule has 9 nitrogen and oxygen atoms in total. The van der Waals surface area contributed by atoms with Crippen molar-refractivity contribution in [2.75, 3.05) is 13.2 Å². The van der Waals surface area contributed by atoms with Crippen molar-refractivity contribution in [3.63, 3.8) is 0 Å². The highest BCUT2D eigenvalue weighted by atomic mass is 16.5. The van der Waals surface area contributed by atoms with Crippen molar-refractivity contribution in [1.82, 2.24) is 25.2 Å². The Morgan fingerprint density at radius 1 is 1.36 bits per heavy atom. The number of rotatable bonds is 7. The van der Waals surface area contributed by atoms with Gasteiger partial charge in [0.15, 0.2) is 11.6 Å². The van der Waals surface area contributed by atoms with Crippen LogP contribution in [-0.2, 0) is 16.0 Å². The fraction of sp³-hybridized carbons (Fsp3) is 0.688. The molecule has 0 bridgehead atoms. The smallest absolute Gasteiger partial charge is 0.227 e. The number of likely N-dealkylation sites (tertiary alicyclic amines) is 1. The van der Waals surface area contributed by atoms with E-state index in [0.29, 0.717) is 49.4 Å². The van der Waals surface area contributed by atoms with Gasteiger partial charge >= 0.3 is 0 Å². The molecule has 1 saturated heterocycles. The first-order chi connectivity index (χ1) is 12.1. The summed E-state index contributed by atoms with van der Waals surface area (Å²) in [5.74, 6) is 2.07. The summed E-state index contributed by atoms with van der Waals surface area (Å²) in [6.45, 7) is 6.80. The highest BCUT2D eigenvalue weighted by Gasteiger charge is 2.33. The van der Waals surface area contributed by atoms with Crippen molar-refractivity contribution in [2.24, 2.45) is 0 Å². The zero-order chi connectivity index (χ0) is 17.8. The Kier molecular flexibility index (Phi) is 5.42. The van der Waals surface area contributed by atoms with Gasteiger partial charge in [-0.3, -0.25) is 4.79 Å². The zero-order valence-corrected chi connectivity index (χ0v) is 14.8. The third kappa shape index (κ3) is 4.04. The van der Waals surface area contributed by atoms with Crippen molar-refractivity contribution >= 4 is 5.91 Å². The average Bonchev–Trinajstić information content (AvgIpc) is 3.32. The van der Waals surface area contributed by atoms with E-state index in [1.54, 1.807) is 6.92 Å². The number of nitrogens with zero attached hydrogens (tertiary/aromatic N) is 5. The number of hydrogen-bond acceptors (Lipinski definition) is 8. The van der Waals surface area contributed by atoms with Crippen molar-refractivity contribution in [3.8, 4) is 0 Å². The first kappa shape index (κ1) is 17.5. The number of aryl methyl sites for hydroxylation is 2. The number of aromatic nitrogens is 4. The minimum Gasteiger partial charge on any atom is -0.371 e. The first-order valence-corrected chi connectivity index (χ1v) is 8.62. The average molecular weight is 349 g/mol. The molecule has 0 N–H and O–H groups in total. The van der Waals surface area contributed by atoms with Gasteiger partial charge in [-0.05, 0) is 26.7 Å². The van der Waals surface area contributed by atoms with Gasteiger partial charge in [-0.15, -0.1) is 0 Å². The molecule has 0 radical (unpaired) electrons. The molecule has 1 fully saturated rings. The fourth-order valence-electron chi connectivity index (χ4n) is 3.00. The monoisotopic (exact) mass is 349 g/mol. The SMILES string of the molecule is CCOC(C)c1noc(CCC(=O)N2CCCC2c2noc(C)n2)n1. The van der Waals surface area contributed by atoms with E-state index in [1.165, 1.54) is 0 Å². The van der Waals surface area contributed by atoms with E-state index in [4.69, 9.17) is 13.8 Å². The molecule has 0 saturated carbocycles. The molecule has 0 aliphatic carbocycles. The van der Waals surface area contributed by atoms with Gasteiger partial charge in [-0.2, -0.15) is 9.97 Å². The molecule has 1 aliphatic heterocycles. The molecule has 1 amide bonds. The summed E-state index contributed by atoms with van der Waals surface area (Å²) < 4.78 is 15.7. The van der Waals surface area contributed by atoms with Gasteiger partial charge in [0.1, 0.15) is 6.10 Å². The molecule has 25 heavy (non-hydrogen) atoms. The van der Waals surface area contributed by atoms with Gasteiger partial charge in [0.2, 0.25) is 17.7 Å². The van der Waals surface area contributed by atoms with Crippen LogP contribution in [0.25, 0.3) is 0 Å². The van der Waals surface area contributed by atoms with Crippen LogP contribution in [-0.4, -0.2) is 44.2 Å². The van der Waals surface area contributed by atoms with Crippen molar-refractivity contribution in [3.05, 3.63) is 23.4 Å². The van der Waals surface area contributed by atoms with Crippen molar-refractivity contribution in [1.29, 1.82) is 0 Å². The van der Waals surface area contributed by atoms with E-state index >= 15 is 0 Å². The summed E-state index contributed by atoms with van der Waals surface area (Å²) in [5, 5.41) is 7.86. The van der Waals surface area contributed by atoms with Crippen LogP contribution in [0.3, 0.4) is 0 Å². The van der Waals surface area contributed by atoms with Gasteiger partial charge in [0, 0.05) is 32.9 Å². The Hall–Kier alpha value is -2.29. The maximum atomic E-state index is 12.6. The second-order valence-corrected chi connectivity index (χ2v) is 6.06. The van der Waals surface area contributed by atoms with Gasteiger partial charge in [0.25, 0.3) is 0 Å². The molecule has 2 atom stereocenters. The molecule has 1 aliphatic rings. The number of carbonyl (C=O) groups excluding carboxylic acids is 1. The quantitative estimate of drug-likeness (QED) is 0.748. The molecule has 2 aromatic heterocycles. The fourth-order valence-corrected chi connectivity index (χ4v) is 3.00. The molecule has 9 heteroatoms. The third-order valence-electron chi connectivity index (χ3n) is 4.23. The minimum atomic E-state index is -0.220. The largest absolute Gasteiger partial charge is 0.371 e. The van der Waals surface area contributed by atoms with Crippen LogP contribution in [0.15, 0.2) is 9.05 Å². The third-order valence-corrected chi connectivity index (χ3v) is 4.23. The number of hydrogen-bond donors (Lipinski definition) is 0. The van der Waals surface area contributed by atoms with Gasteiger partial charge in [-0.25, -0.2) is 0 Å². The van der Waals surface area contributed by atoms with Crippen LogP contribution in [0.4, 0.5) is 0 Å². The summed E-state index contributed by atoms with van der Waals surface area (Å²) in [4.78, 5) is 22.9. The van der Waals surface area contributed by atoms with Crippen LogP contribution >= 0.6 is 0 Å². The summed E-state index contributed by atoms with van der Waals surface area (Å²) in [7, 11) is 0. The second kappa shape index (κ2) is 7.73. The van der Waals surface area contributed by atoms with E-state index in [-0.39, 0.29) is 18.1 Å². The molecular weight excluding hydrogens is 326 g/mol. The van der Waals surface area contributed by atoms with E-state index < -0.39 is 0 Å². The number of carbonyl (C=O) groups is 1. The maximum Gasteiger partial charge on any atom is 0.227 e. The molecule has 0 spiro atoms. The molecule has 2 unspecified atom stereocenters. The highest BCUT2D eigenvalue weighted by molar-refractivity contribution is 5.77. The lowest BCUT2D eigenvalue weighted by atomic mass is 10.2. The lowest BCUT2D eigenvalue weighted by Crippen LogP contribution is -2.31. The lowest BCUT2D eigenvalue weighted by molar-refractivity contribution is -0.132. The zero-order valence-electron chi connectivity index (χ0n) is 14.8. The summed E-state index contributed by atoms with van der Waals surface area (Å²) in [5.41, 5.74) is 0. The molecule has 3 heterocycles. The van der Waals surface area contributed by atoms with Gasteiger partial charge in [-0.1, -0.05) is 10.3 Å². The Bertz CT molecular complexity index is 713. The number of amides is 1. The summed E-state index contributed by atoms with van der Waals surface area (Å²) >= 11 is 0. The van der Waals surface area contributed by atoms with Crippen LogP contribution in [0.1, 0.15) is 68.7 Å². The Morgan fingerprint density at radius 3 is 2.92 bits per heavy atom. The lowest BCUT2D eigenvalue weighted by Gasteiger charge is -2.21.